The zero-order chi connectivity index (χ0) is 17.1. The molecule has 130 valence electrons. The van der Waals surface area contributed by atoms with Crippen LogP contribution in [0.15, 0.2) is 18.3 Å². The number of benzene rings is 1. The Morgan fingerprint density at radius 3 is 2.62 bits per heavy atom. The second-order valence-corrected chi connectivity index (χ2v) is 9.52. The Kier molecular flexibility index (Phi) is 3.69. The minimum absolute atomic E-state index is 0.0205. The van der Waals surface area contributed by atoms with Gasteiger partial charge in [0.15, 0.2) is 0 Å². The van der Waals surface area contributed by atoms with E-state index in [0.717, 1.165) is 29.3 Å². The molecule has 0 radical (unpaired) electrons. The summed E-state index contributed by atoms with van der Waals surface area (Å²) in [6.07, 6.45) is 5.71. The van der Waals surface area contributed by atoms with Gasteiger partial charge in [0.1, 0.15) is 0 Å². The minimum Gasteiger partial charge on any atom is -0.385 e. The van der Waals surface area contributed by atoms with Crippen LogP contribution in [0.4, 0.5) is 0 Å². The van der Waals surface area contributed by atoms with E-state index in [1.807, 2.05) is 6.07 Å². The predicted molar refractivity (Wildman–Crippen MR) is 92.2 cm³/mol. The Labute approximate surface area is 145 Å². The van der Waals surface area contributed by atoms with E-state index in [9.17, 15) is 13.5 Å². The monoisotopic (exact) mass is 369 g/mol. The molecule has 1 aromatic heterocycles. The van der Waals surface area contributed by atoms with Gasteiger partial charge < -0.3 is 5.11 Å². The maximum atomic E-state index is 11.4. The van der Waals surface area contributed by atoms with Gasteiger partial charge in [0.2, 0.25) is 10.0 Å². The highest BCUT2D eigenvalue weighted by Gasteiger charge is 2.50. The van der Waals surface area contributed by atoms with E-state index >= 15 is 0 Å². The van der Waals surface area contributed by atoms with E-state index in [1.54, 1.807) is 12.3 Å². The lowest BCUT2D eigenvalue weighted by Crippen LogP contribution is -2.33. The molecule has 0 spiro atoms. The summed E-state index contributed by atoms with van der Waals surface area (Å²) < 4.78 is 25.6. The van der Waals surface area contributed by atoms with Gasteiger partial charge >= 0.3 is 0 Å². The standard InChI is InChI=1S/C16H20ClN3O3S/c1-24(22,23)20-12-2-9-6-16(21,7-10(9)3-12)14-4-11(17)5-15-13(14)8-18-19-15/h4-5,8-10,12,20-21H,2-3,6-7H2,1H3,(H,18,19)/t9-,10+,12?,16?. The smallest absolute Gasteiger partial charge is 0.208 e. The molecule has 6 nitrogen and oxygen atoms in total. The molecule has 2 unspecified atom stereocenters. The molecular weight excluding hydrogens is 350 g/mol. The molecule has 0 saturated heterocycles. The highest BCUT2D eigenvalue weighted by Crippen LogP contribution is 2.54. The molecule has 2 aromatic rings. The summed E-state index contributed by atoms with van der Waals surface area (Å²) >= 11 is 6.20. The second kappa shape index (κ2) is 5.42. The van der Waals surface area contributed by atoms with Gasteiger partial charge in [-0.25, -0.2) is 13.1 Å². The lowest BCUT2D eigenvalue weighted by molar-refractivity contribution is 0.0360. The van der Waals surface area contributed by atoms with Gasteiger partial charge in [0, 0.05) is 16.5 Å². The molecule has 1 heterocycles. The second-order valence-electron chi connectivity index (χ2n) is 7.30. The molecule has 1 aromatic carbocycles. The number of nitrogens with zero attached hydrogens (tertiary/aromatic N) is 1. The van der Waals surface area contributed by atoms with E-state index < -0.39 is 15.6 Å². The fourth-order valence-electron chi connectivity index (χ4n) is 4.68. The SMILES string of the molecule is CS(=O)(=O)NC1C[C@@H]2CC(O)(c3cc(Cl)cc4[nH]ncc34)C[C@@H]2C1. The third kappa shape index (κ3) is 2.83. The summed E-state index contributed by atoms with van der Waals surface area (Å²) in [5, 5.41) is 19.7. The van der Waals surface area contributed by atoms with Crippen LogP contribution in [0, 0.1) is 11.8 Å². The van der Waals surface area contributed by atoms with Crippen molar-refractivity contribution in [1.29, 1.82) is 0 Å². The van der Waals surface area contributed by atoms with Crippen molar-refractivity contribution in [2.24, 2.45) is 11.8 Å². The molecule has 4 atom stereocenters. The first kappa shape index (κ1) is 16.3. The van der Waals surface area contributed by atoms with Crippen LogP contribution >= 0.6 is 11.6 Å². The van der Waals surface area contributed by atoms with Gasteiger partial charge in [-0.2, -0.15) is 5.10 Å². The number of nitrogens with one attached hydrogen (secondary N) is 2. The fourth-order valence-corrected chi connectivity index (χ4v) is 5.70. The summed E-state index contributed by atoms with van der Waals surface area (Å²) in [5.41, 5.74) is 0.707. The van der Waals surface area contributed by atoms with Crippen LogP contribution in [0.3, 0.4) is 0 Å². The van der Waals surface area contributed by atoms with Crippen molar-refractivity contribution < 1.29 is 13.5 Å². The average molecular weight is 370 g/mol. The summed E-state index contributed by atoms with van der Waals surface area (Å²) in [5.74, 6) is 0.630. The van der Waals surface area contributed by atoms with Crippen LogP contribution < -0.4 is 4.72 Å². The van der Waals surface area contributed by atoms with Crippen LogP contribution in [-0.4, -0.2) is 36.0 Å². The van der Waals surface area contributed by atoms with Crippen molar-refractivity contribution in [3.8, 4) is 0 Å². The zero-order valence-corrected chi connectivity index (χ0v) is 14.9. The van der Waals surface area contributed by atoms with Crippen molar-refractivity contribution in [1.82, 2.24) is 14.9 Å². The largest absolute Gasteiger partial charge is 0.385 e. The van der Waals surface area contributed by atoms with Crippen molar-refractivity contribution >= 4 is 32.5 Å². The zero-order valence-electron chi connectivity index (χ0n) is 13.3. The molecule has 0 bridgehead atoms. The van der Waals surface area contributed by atoms with E-state index in [-0.39, 0.29) is 6.04 Å². The summed E-state index contributed by atoms with van der Waals surface area (Å²) in [7, 11) is -3.19. The summed E-state index contributed by atoms with van der Waals surface area (Å²) in [6.45, 7) is 0. The van der Waals surface area contributed by atoms with Crippen LogP contribution in [-0.2, 0) is 15.6 Å². The quantitative estimate of drug-likeness (QED) is 0.772. The van der Waals surface area contributed by atoms with Gasteiger partial charge in [0.05, 0.1) is 23.6 Å². The first-order valence-corrected chi connectivity index (χ1v) is 10.3. The number of hydrogen-bond donors (Lipinski definition) is 3. The third-order valence-corrected chi connectivity index (χ3v) is 6.43. The van der Waals surface area contributed by atoms with E-state index in [2.05, 4.69) is 14.9 Å². The van der Waals surface area contributed by atoms with Gasteiger partial charge in [-0.3, -0.25) is 5.10 Å². The minimum atomic E-state index is -3.19. The van der Waals surface area contributed by atoms with Crippen LogP contribution in [0.25, 0.3) is 10.9 Å². The topological polar surface area (TPSA) is 95.1 Å². The Bertz CT molecular complexity index is 881. The first-order valence-electron chi connectivity index (χ1n) is 8.06. The molecule has 24 heavy (non-hydrogen) atoms. The van der Waals surface area contributed by atoms with Crippen molar-refractivity contribution in [2.45, 2.75) is 37.3 Å². The molecule has 2 saturated carbocycles. The van der Waals surface area contributed by atoms with Crippen molar-refractivity contribution in [2.75, 3.05) is 6.26 Å². The van der Waals surface area contributed by atoms with Gasteiger partial charge in [-0.1, -0.05) is 11.6 Å². The fraction of sp³-hybridized carbons (Fsp3) is 0.562. The number of hydrogen-bond acceptors (Lipinski definition) is 4. The number of rotatable bonds is 3. The lowest BCUT2D eigenvalue weighted by atomic mass is 9.87. The van der Waals surface area contributed by atoms with Crippen molar-refractivity contribution in [3.63, 3.8) is 0 Å². The lowest BCUT2D eigenvalue weighted by Gasteiger charge is -2.26. The maximum absolute atomic E-state index is 11.4. The summed E-state index contributed by atoms with van der Waals surface area (Å²) in [4.78, 5) is 0. The number of sulfonamides is 1. The number of aromatic nitrogens is 2. The molecule has 3 N–H and O–H groups in total. The molecule has 0 amide bonds. The number of aromatic amines is 1. The maximum Gasteiger partial charge on any atom is 0.208 e. The van der Waals surface area contributed by atoms with Gasteiger partial charge in [-0.05, 0) is 55.2 Å². The molecule has 2 fully saturated rings. The van der Waals surface area contributed by atoms with Crippen LogP contribution in [0.1, 0.15) is 31.2 Å². The molecular formula is C16H20ClN3O3S. The highest BCUT2D eigenvalue weighted by atomic mass is 35.5. The average Bonchev–Trinajstić information content (AvgIpc) is 3.09. The normalized spacial score (nSPS) is 33.2. The number of halogens is 1. The highest BCUT2D eigenvalue weighted by molar-refractivity contribution is 7.88. The van der Waals surface area contributed by atoms with Crippen LogP contribution in [0.5, 0.6) is 0 Å². The number of fused-ring (bicyclic) bond motifs is 2. The van der Waals surface area contributed by atoms with E-state index in [1.165, 1.54) is 6.26 Å². The molecule has 2 aliphatic rings. The number of aliphatic hydroxyl groups is 1. The van der Waals surface area contributed by atoms with Crippen LogP contribution in [0.2, 0.25) is 5.02 Å². The number of H-pyrrole nitrogens is 1. The molecule has 8 heteroatoms. The van der Waals surface area contributed by atoms with E-state index in [0.29, 0.717) is 29.7 Å². The Morgan fingerprint density at radius 2 is 2.00 bits per heavy atom. The Hall–Kier alpha value is -1.15. The predicted octanol–water partition coefficient (Wildman–Crippen LogP) is 2.14. The van der Waals surface area contributed by atoms with Gasteiger partial charge in [-0.15, -0.1) is 0 Å². The first-order chi connectivity index (χ1) is 11.2. The van der Waals surface area contributed by atoms with Crippen molar-refractivity contribution in [3.05, 3.63) is 28.9 Å². The molecule has 2 aliphatic carbocycles. The van der Waals surface area contributed by atoms with E-state index in [4.69, 9.17) is 11.6 Å². The molecule has 0 aliphatic heterocycles. The third-order valence-electron chi connectivity index (χ3n) is 5.45. The Morgan fingerprint density at radius 1 is 1.33 bits per heavy atom. The Balaban J connectivity index is 1.60. The van der Waals surface area contributed by atoms with Gasteiger partial charge in [0.25, 0.3) is 0 Å². The summed E-state index contributed by atoms with van der Waals surface area (Å²) in [6, 6.07) is 3.61. The molecule has 4 rings (SSSR count).